The van der Waals surface area contributed by atoms with Crippen LogP contribution in [0.3, 0.4) is 0 Å². The third kappa shape index (κ3) is 5.21. The number of nitrogens with one attached hydrogen (secondary N) is 1. The first-order valence-corrected chi connectivity index (χ1v) is 11.2. The predicted octanol–water partition coefficient (Wildman–Crippen LogP) is 4.82. The molecule has 3 aromatic rings. The highest BCUT2D eigenvalue weighted by atomic mass is 35.5. The minimum absolute atomic E-state index is 0.0322. The first-order chi connectivity index (χ1) is 16.3. The number of amides is 1. The number of rotatable bonds is 6. The minimum atomic E-state index is -1.06. The van der Waals surface area contributed by atoms with Gasteiger partial charge in [0.25, 0.3) is 5.91 Å². The Hall–Kier alpha value is -3.84. The molecule has 0 unspecified atom stereocenters. The van der Waals surface area contributed by atoms with Crippen molar-refractivity contribution in [1.82, 2.24) is 0 Å². The molecule has 4 rings (SSSR count). The van der Waals surface area contributed by atoms with Crippen LogP contribution in [0, 0.1) is 0 Å². The summed E-state index contributed by atoms with van der Waals surface area (Å²) in [6.07, 6.45) is 0. The van der Waals surface area contributed by atoms with Gasteiger partial charge in [-0.1, -0.05) is 17.7 Å². The number of carboxylic acid groups (broad SMARTS) is 1. The number of carbonyl (C=O) groups is 3. The van der Waals surface area contributed by atoms with E-state index in [9.17, 15) is 19.5 Å². The molecule has 2 N–H and O–H groups in total. The maximum atomic E-state index is 12.5. The molecule has 1 heterocycles. The molecule has 1 aliphatic heterocycles. The van der Waals surface area contributed by atoms with Gasteiger partial charge in [-0.3, -0.25) is 9.59 Å². The van der Waals surface area contributed by atoms with Crippen molar-refractivity contribution in [2.75, 3.05) is 41.3 Å². The zero-order chi connectivity index (χ0) is 24.2. The third-order valence-electron chi connectivity index (χ3n) is 5.83. The Bertz CT molecular complexity index is 1240. The normalized spacial score (nSPS) is 13.5. The van der Waals surface area contributed by atoms with Gasteiger partial charge in [-0.15, -0.1) is 0 Å². The standard InChI is InChI=1S/C26H24ClN3O4/c1-17(31)18-5-8-22(9-6-18)29-11-13-30(14-12-29)24-10-7-21(16-23(24)26(33)34)28-25(32)19-3-2-4-20(27)15-19/h2-10,15-16H,11-14H2,1H3,(H,28,32)(H,33,34). The molecular formula is C26H24ClN3O4. The van der Waals surface area contributed by atoms with Gasteiger partial charge in [0.05, 0.1) is 11.3 Å². The fourth-order valence-electron chi connectivity index (χ4n) is 4.01. The molecule has 0 spiro atoms. The van der Waals surface area contributed by atoms with Crippen LogP contribution in [0.2, 0.25) is 5.02 Å². The van der Waals surface area contributed by atoms with Crippen molar-refractivity contribution in [2.45, 2.75) is 6.92 Å². The summed E-state index contributed by atoms with van der Waals surface area (Å²) in [5, 5.41) is 13.0. The lowest BCUT2D eigenvalue weighted by Crippen LogP contribution is -2.47. The highest BCUT2D eigenvalue weighted by Gasteiger charge is 2.22. The Morgan fingerprint density at radius 1 is 0.853 bits per heavy atom. The number of nitrogens with zero attached hydrogens (tertiary/aromatic N) is 2. The lowest BCUT2D eigenvalue weighted by molar-refractivity contribution is 0.0697. The Kier molecular flexibility index (Phi) is 6.84. The third-order valence-corrected chi connectivity index (χ3v) is 6.07. The molecule has 0 radical (unpaired) electrons. The van der Waals surface area contributed by atoms with Crippen LogP contribution in [0.5, 0.6) is 0 Å². The lowest BCUT2D eigenvalue weighted by Gasteiger charge is -2.38. The zero-order valence-corrected chi connectivity index (χ0v) is 19.4. The van der Waals surface area contributed by atoms with Gasteiger partial charge in [-0.25, -0.2) is 4.79 Å². The summed E-state index contributed by atoms with van der Waals surface area (Å²) < 4.78 is 0. The number of hydrogen-bond acceptors (Lipinski definition) is 5. The zero-order valence-electron chi connectivity index (χ0n) is 18.6. The van der Waals surface area contributed by atoms with Gasteiger partial charge < -0.3 is 20.2 Å². The number of piperazine rings is 1. The van der Waals surface area contributed by atoms with Crippen LogP contribution in [0.15, 0.2) is 66.7 Å². The van der Waals surface area contributed by atoms with E-state index in [1.54, 1.807) is 43.3 Å². The van der Waals surface area contributed by atoms with Crippen LogP contribution in [-0.2, 0) is 0 Å². The smallest absolute Gasteiger partial charge is 0.337 e. The summed E-state index contributed by atoms with van der Waals surface area (Å²) in [5.74, 6) is -1.39. The lowest BCUT2D eigenvalue weighted by atomic mass is 10.1. The molecular weight excluding hydrogens is 454 g/mol. The van der Waals surface area contributed by atoms with Crippen LogP contribution in [0.1, 0.15) is 38.0 Å². The molecule has 34 heavy (non-hydrogen) atoms. The fourth-order valence-corrected chi connectivity index (χ4v) is 4.20. The van der Waals surface area contributed by atoms with Crippen molar-refractivity contribution in [3.8, 4) is 0 Å². The minimum Gasteiger partial charge on any atom is -0.478 e. The van der Waals surface area contributed by atoms with Gasteiger partial charge in [-0.2, -0.15) is 0 Å². The van der Waals surface area contributed by atoms with Crippen molar-refractivity contribution in [2.24, 2.45) is 0 Å². The summed E-state index contributed by atoms with van der Waals surface area (Å²) in [5.41, 5.74) is 3.23. The molecule has 0 bridgehead atoms. The van der Waals surface area contributed by atoms with Crippen molar-refractivity contribution >= 4 is 46.3 Å². The van der Waals surface area contributed by atoms with Gasteiger partial charge in [0.1, 0.15) is 0 Å². The molecule has 8 heteroatoms. The van der Waals surface area contributed by atoms with Crippen molar-refractivity contribution in [1.29, 1.82) is 0 Å². The van der Waals surface area contributed by atoms with Gasteiger partial charge in [-0.05, 0) is 67.6 Å². The van der Waals surface area contributed by atoms with Gasteiger partial charge >= 0.3 is 5.97 Å². The van der Waals surface area contributed by atoms with E-state index in [1.165, 1.54) is 6.07 Å². The number of aromatic carboxylic acids is 1. The SMILES string of the molecule is CC(=O)c1ccc(N2CCN(c3ccc(NC(=O)c4cccc(Cl)c4)cc3C(=O)O)CC2)cc1. The number of benzene rings is 3. The first kappa shape index (κ1) is 23.3. The Labute approximate surface area is 202 Å². The van der Waals surface area contributed by atoms with Crippen LogP contribution in [0.4, 0.5) is 17.1 Å². The first-order valence-electron chi connectivity index (χ1n) is 10.9. The van der Waals surface area contributed by atoms with Gasteiger partial charge in [0.15, 0.2) is 5.78 Å². The fraction of sp³-hybridized carbons (Fsp3) is 0.192. The maximum absolute atomic E-state index is 12.5. The molecule has 1 saturated heterocycles. The summed E-state index contributed by atoms with van der Waals surface area (Å²) >= 11 is 5.95. The van der Waals surface area contributed by atoms with E-state index < -0.39 is 5.97 Å². The second-order valence-corrected chi connectivity index (χ2v) is 8.52. The summed E-state index contributed by atoms with van der Waals surface area (Å²) in [7, 11) is 0. The van der Waals surface area contributed by atoms with Crippen LogP contribution < -0.4 is 15.1 Å². The number of hydrogen-bond donors (Lipinski definition) is 2. The molecule has 1 aliphatic rings. The molecule has 3 aromatic carbocycles. The number of Topliss-reactive ketones (excluding diaryl/α,β-unsaturated/α-hetero) is 1. The predicted molar refractivity (Wildman–Crippen MR) is 134 cm³/mol. The number of carboxylic acids is 1. The number of carbonyl (C=O) groups excluding carboxylic acids is 2. The van der Waals surface area contributed by atoms with E-state index in [-0.39, 0.29) is 17.3 Å². The van der Waals surface area contributed by atoms with E-state index >= 15 is 0 Å². The maximum Gasteiger partial charge on any atom is 0.337 e. The van der Waals surface area contributed by atoms with E-state index in [1.807, 2.05) is 29.2 Å². The molecule has 174 valence electrons. The summed E-state index contributed by atoms with van der Waals surface area (Å²) in [6, 6.07) is 19.0. The quantitative estimate of drug-likeness (QED) is 0.495. The van der Waals surface area contributed by atoms with E-state index in [2.05, 4.69) is 10.2 Å². The van der Waals surface area contributed by atoms with Crippen molar-refractivity contribution < 1.29 is 19.5 Å². The molecule has 1 fully saturated rings. The Morgan fingerprint density at radius 3 is 2.15 bits per heavy atom. The molecule has 0 saturated carbocycles. The van der Waals surface area contributed by atoms with Crippen LogP contribution in [-0.4, -0.2) is 48.9 Å². The highest BCUT2D eigenvalue weighted by Crippen LogP contribution is 2.27. The largest absolute Gasteiger partial charge is 0.478 e. The molecule has 7 nitrogen and oxygen atoms in total. The second kappa shape index (κ2) is 9.97. The highest BCUT2D eigenvalue weighted by molar-refractivity contribution is 6.31. The number of anilines is 3. The van der Waals surface area contributed by atoms with Gasteiger partial charge in [0.2, 0.25) is 0 Å². The Balaban J connectivity index is 1.46. The van der Waals surface area contributed by atoms with E-state index in [0.29, 0.717) is 53.7 Å². The van der Waals surface area contributed by atoms with E-state index in [0.717, 1.165) is 5.69 Å². The average molecular weight is 478 g/mol. The molecule has 0 atom stereocenters. The molecule has 1 amide bonds. The van der Waals surface area contributed by atoms with Crippen LogP contribution >= 0.6 is 11.6 Å². The number of halogens is 1. The second-order valence-electron chi connectivity index (χ2n) is 8.08. The van der Waals surface area contributed by atoms with Crippen LogP contribution in [0.25, 0.3) is 0 Å². The average Bonchev–Trinajstić information content (AvgIpc) is 2.84. The van der Waals surface area contributed by atoms with Crippen molar-refractivity contribution in [3.63, 3.8) is 0 Å². The number of ketones is 1. The summed E-state index contributed by atoms with van der Waals surface area (Å²) in [4.78, 5) is 40.2. The van der Waals surface area contributed by atoms with E-state index in [4.69, 9.17) is 11.6 Å². The monoisotopic (exact) mass is 477 g/mol. The topological polar surface area (TPSA) is 90.0 Å². The summed E-state index contributed by atoms with van der Waals surface area (Å²) in [6.45, 7) is 4.26. The molecule has 0 aliphatic carbocycles. The van der Waals surface area contributed by atoms with Gasteiger partial charge in [0, 0.05) is 53.7 Å². The molecule has 0 aromatic heterocycles. The van der Waals surface area contributed by atoms with Crippen molar-refractivity contribution in [3.05, 3.63) is 88.4 Å². The Morgan fingerprint density at radius 2 is 1.53 bits per heavy atom.